The lowest BCUT2D eigenvalue weighted by atomic mass is 10.0. The molecule has 0 bridgehead atoms. The van der Waals surface area contributed by atoms with E-state index in [0.29, 0.717) is 5.02 Å². The van der Waals surface area contributed by atoms with Gasteiger partial charge < -0.3 is 10.8 Å². The van der Waals surface area contributed by atoms with Gasteiger partial charge in [-0.25, -0.2) is 10.9 Å². The van der Waals surface area contributed by atoms with E-state index in [1.807, 2.05) is 0 Å². The van der Waals surface area contributed by atoms with Crippen molar-refractivity contribution in [2.45, 2.75) is 18.6 Å². The second kappa shape index (κ2) is 3.74. The zero-order valence-corrected chi connectivity index (χ0v) is 8.25. The van der Waals surface area contributed by atoms with Gasteiger partial charge in [-0.3, -0.25) is 0 Å². The number of phenolic OH excluding ortho intramolecular Hbond substituents is 1. The molecule has 1 saturated heterocycles. The first-order valence-electron chi connectivity index (χ1n) is 4.42. The lowest BCUT2D eigenvalue weighted by molar-refractivity contribution is 0.453. The molecule has 1 aromatic rings. The molecule has 0 radical (unpaired) electrons. The summed E-state index contributed by atoms with van der Waals surface area (Å²) in [6.07, 6.45) is 0.645. The Hall–Kier alpha value is -0.810. The number of rotatable bonds is 1. The molecule has 0 aliphatic carbocycles. The monoisotopic (exact) mass is 213 g/mol. The van der Waals surface area contributed by atoms with E-state index in [-0.39, 0.29) is 18.0 Å². The summed E-state index contributed by atoms with van der Waals surface area (Å²) in [5.74, 6) is 0.239. The van der Waals surface area contributed by atoms with E-state index < -0.39 is 0 Å². The molecule has 1 fully saturated rings. The second-order valence-corrected chi connectivity index (χ2v) is 3.82. The minimum absolute atomic E-state index is 0.0173. The van der Waals surface area contributed by atoms with Crippen LogP contribution in [0.5, 0.6) is 5.75 Å². The first-order valence-corrected chi connectivity index (χ1v) is 4.79. The van der Waals surface area contributed by atoms with Crippen molar-refractivity contribution < 1.29 is 5.11 Å². The molecule has 1 aliphatic heterocycles. The standard InChI is InChI=1S/C9H12ClN3O/c10-5-1-2-8(14)6(3-5)7-4-9(11)13-12-7/h1-3,7,9,12-14H,4,11H2. The Morgan fingerprint density at radius 1 is 1.43 bits per heavy atom. The lowest BCUT2D eigenvalue weighted by Crippen LogP contribution is -2.36. The van der Waals surface area contributed by atoms with Crippen LogP contribution in [0.1, 0.15) is 18.0 Å². The third-order valence-corrected chi connectivity index (χ3v) is 2.53. The van der Waals surface area contributed by atoms with Gasteiger partial charge in [0.2, 0.25) is 0 Å². The molecule has 0 amide bonds. The molecule has 1 heterocycles. The van der Waals surface area contributed by atoms with Crippen molar-refractivity contribution in [2.75, 3.05) is 0 Å². The van der Waals surface area contributed by atoms with E-state index in [1.54, 1.807) is 18.2 Å². The lowest BCUT2D eigenvalue weighted by Gasteiger charge is -2.11. The number of hydrogen-bond donors (Lipinski definition) is 4. The first kappa shape index (κ1) is 9.73. The molecule has 76 valence electrons. The van der Waals surface area contributed by atoms with E-state index >= 15 is 0 Å². The Balaban J connectivity index is 2.27. The van der Waals surface area contributed by atoms with Crippen LogP contribution in [0.3, 0.4) is 0 Å². The maximum Gasteiger partial charge on any atom is 0.120 e. The van der Waals surface area contributed by atoms with Gasteiger partial charge in [-0.05, 0) is 24.6 Å². The van der Waals surface area contributed by atoms with Crippen LogP contribution in [0, 0.1) is 0 Å². The van der Waals surface area contributed by atoms with Gasteiger partial charge in [0.1, 0.15) is 5.75 Å². The zero-order chi connectivity index (χ0) is 10.1. The van der Waals surface area contributed by atoms with Gasteiger partial charge >= 0.3 is 0 Å². The molecule has 1 aliphatic rings. The van der Waals surface area contributed by atoms with Crippen molar-refractivity contribution in [1.82, 2.24) is 10.9 Å². The van der Waals surface area contributed by atoms with Crippen LogP contribution in [0.25, 0.3) is 0 Å². The minimum Gasteiger partial charge on any atom is -0.508 e. The number of benzene rings is 1. The van der Waals surface area contributed by atoms with Gasteiger partial charge in [0.25, 0.3) is 0 Å². The van der Waals surface area contributed by atoms with Gasteiger partial charge in [-0.1, -0.05) is 11.6 Å². The largest absolute Gasteiger partial charge is 0.508 e. The van der Waals surface area contributed by atoms with E-state index in [4.69, 9.17) is 17.3 Å². The van der Waals surface area contributed by atoms with E-state index in [0.717, 1.165) is 12.0 Å². The number of nitrogens with two attached hydrogens (primary N) is 1. The predicted octanol–water partition coefficient (Wildman–Crippen LogP) is 0.869. The van der Waals surface area contributed by atoms with Crippen LogP contribution in [0.4, 0.5) is 0 Å². The summed E-state index contributed by atoms with van der Waals surface area (Å²) in [5.41, 5.74) is 12.3. The van der Waals surface area contributed by atoms with Crippen LogP contribution >= 0.6 is 11.6 Å². The highest BCUT2D eigenvalue weighted by atomic mass is 35.5. The molecule has 0 spiro atoms. The van der Waals surface area contributed by atoms with Crippen LogP contribution in [-0.2, 0) is 0 Å². The quantitative estimate of drug-likeness (QED) is 0.559. The van der Waals surface area contributed by atoms with Crippen LogP contribution in [0.2, 0.25) is 5.02 Å². The van der Waals surface area contributed by atoms with Crippen molar-refractivity contribution in [3.05, 3.63) is 28.8 Å². The highest BCUT2D eigenvalue weighted by Crippen LogP contribution is 2.30. The third kappa shape index (κ3) is 1.83. The number of phenols is 1. The average molecular weight is 214 g/mol. The Bertz CT molecular complexity index is 345. The van der Waals surface area contributed by atoms with E-state index in [2.05, 4.69) is 10.9 Å². The number of aromatic hydroxyl groups is 1. The fourth-order valence-electron chi connectivity index (χ4n) is 1.59. The smallest absolute Gasteiger partial charge is 0.120 e. The Morgan fingerprint density at radius 2 is 2.21 bits per heavy atom. The first-order chi connectivity index (χ1) is 6.66. The fourth-order valence-corrected chi connectivity index (χ4v) is 1.77. The van der Waals surface area contributed by atoms with Crippen molar-refractivity contribution in [3.63, 3.8) is 0 Å². The molecule has 1 aromatic carbocycles. The predicted molar refractivity (Wildman–Crippen MR) is 54.7 cm³/mol. The third-order valence-electron chi connectivity index (χ3n) is 2.30. The van der Waals surface area contributed by atoms with Crippen LogP contribution in [-0.4, -0.2) is 11.3 Å². The second-order valence-electron chi connectivity index (χ2n) is 3.39. The van der Waals surface area contributed by atoms with Crippen LogP contribution in [0.15, 0.2) is 18.2 Å². The average Bonchev–Trinajstić information content (AvgIpc) is 2.56. The molecule has 2 rings (SSSR count). The summed E-state index contributed by atoms with van der Waals surface area (Å²) in [7, 11) is 0. The summed E-state index contributed by atoms with van der Waals surface area (Å²) in [6.45, 7) is 0. The van der Waals surface area contributed by atoms with Crippen molar-refractivity contribution in [2.24, 2.45) is 5.73 Å². The Morgan fingerprint density at radius 3 is 2.86 bits per heavy atom. The maximum atomic E-state index is 9.61. The number of hydrogen-bond acceptors (Lipinski definition) is 4. The van der Waals surface area contributed by atoms with Gasteiger partial charge in [0.15, 0.2) is 0 Å². The topological polar surface area (TPSA) is 70.3 Å². The van der Waals surface area contributed by atoms with Crippen molar-refractivity contribution in [1.29, 1.82) is 0 Å². The maximum absolute atomic E-state index is 9.61. The van der Waals surface area contributed by atoms with E-state index in [1.165, 1.54) is 0 Å². The Kier molecular flexibility index (Phi) is 2.60. The molecular weight excluding hydrogens is 202 g/mol. The van der Waals surface area contributed by atoms with Crippen molar-refractivity contribution >= 4 is 11.6 Å². The Labute approximate surface area is 87.0 Å². The highest BCUT2D eigenvalue weighted by molar-refractivity contribution is 6.30. The van der Waals surface area contributed by atoms with Crippen molar-refractivity contribution in [3.8, 4) is 5.75 Å². The summed E-state index contributed by atoms with van der Waals surface area (Å²) in [4.78, 5) is 0. The number of halogens is 1. The summed E-state index contributed by atoms with van der Waals surface area (Å²) in [5, 5.41) is 10.2. The minimum atomic E-state index is -0.0848. The molecule has 4 nitrogen and oxygen atoms in total. The van der Waals surface area contributed by atoms with Crippen LogP contribution < -0.4 is 16.6 Å². The molecule has 5 heteroatoms. The highest BCUT2D eigenvalue weighted by Gasteiger charge is 2.24. The summed E-state index contributed by atoms with van der Waals surface area (Å²) < 4.78 is 0. The molecule has 2 unspecified atom stereocenters. The van der Waals surface area contributed by atoms with Gasteiger partial charge in [-0.2, -0.15) is 0 Å². The molecular formula is C9H12ClN3O. The van der Waals surface area contributed by atoms with E-state index in [9.17, 15) is 5.11 Å². The SMILES string of the molecule is NC1CC(c2cc(Cl)ccc2O)NN1. The molecule has 14 heavy (non-hydrogen) atoms. The summed E-state index contributed by atoms with van der Waals surface area (Å²) >= 11 is 5.84. The molecule has 2 atom stereocenters. The molecule has 0 saturated carbocycles. The normalized spacial score (nSPS) is 26.7. The number of hydrazine groups is 1. The van der Waals surface area contributed by atoms with Gasteiger partial charge in [0, 0.05) is 10.6 Å². The number of nitrogens with one attached hydrogen (secondary N) is 2. The van der Waals surface area contributed by atoms with Gasteiger partial charge in [0.05, 0.1) is 12.2 Å². The fraction of sp³-hybridized carbons (Fsp3) is 0.333. The zero-order valence-electron chi connectivity index (χ0n) is 7.50. The van der Waals surface area contributed by atoms with Gasteiger partial charge in [-0.15, -0.1) is 0 Å². The molecule has 5 N–H and O–H groups in total. The summed E-state index contributed by atoms with van der Waals surface area (Å²) in [6, 6.07) is 5.00. The molecule has 0 aromatic heterocycles.